The van der Waals surface area contributed by atoms with Crippen LogP contribution in [-0.2, 0) is 10.0 Å². The lowest BCUT2D eigenvalue weighted by molar-refractivity contribution is 0.502. The molecule has 3 N–H and O–H groups in total. The largest absolute Gasteiger partial charge is 0.329 e. The maximum Gasteiger partial charge on any atom is 0.240 e. The second kappa shape index (κ2) is 5.52. The van der Waals surface area contributed by atoms with Crippen molar-refractivity contribution in [2.24, 2.45) is 5.73 Å². The molecule has 1 aromatic rings. The van der Waals surface area contributed by atoms with Gasteiger partial charge >= 0.3 is 0 Å². The van der Waals surface area contributed by atoms with Gasteiger partial charge in [-0.1, -0.05) is 6.92 Å². The van der Waals surface area contributed by atoms with E-state index in [2.05, 4.69) is 4.72 Å². The molecule has 0 heterocycles. The van der Waals surface area contributed by atoms with E-state index in [1.807, 2.05) is 0 Å². The van der Waals surface area contributed by atoms with Crippen LogP contribution in [0.15, 0.2) is 23.1 Å². The van der Waals surface area contributed by atoms with Crippen molar-refractivity contribution >= 4 is 10.0 Å². The van der Waals surface area contributed by atoms with Crippen LogP contribution in [0.2, 0.25) is 0 Å². The molecule has 0 aliphatic carbocycles. The van der Waals surface area contributed by atoms with Crippen molar-refractivity contribution in [1.82, 2.24) is 4.72 Å². The smallest absolute Gasteiger partial charge is 0.240 e. The molecule has 0 saturated heterocycles. The van der Waals surface area contributed by atoms with Gasteiger partial charge in [-0.3, -0.25) is 0 Å². The van der Waals surface area contributed by atoms with E-state index >= 15 is 0 Å². The SMILES string of the molecule is CCC(CN)NS(=O)(=O)c1ccc(F)c(F)c1. The van der Waals surface area contributed by atoms with Gasteiger partial charge in [0, 0.05) is 12.6 Å². The van der Waals surface area contributed by atoms with Crippen LogP contribution >= 0.6 is 0 Å². The molecule has 17 heavy (non-hydrogen) atoms. The highest BCUT2D eigenvalue weighted by atomic mass is 32.2. The molecule has 1 unspecified atom stereocenters. The van der Waals surface area contributed by atoms with Gasteiger partial charge in [-0.2, -0.15) is 0 Å². The molecular formula is C10H14F2N2O2S. The van der Waals surface area contributed by atoms with E-state index in [0.717, 1.165) is 12.1 Å². The van der Waals surface area contributed by atoms with Crippen LogP contribution in [0, 0.1) is 11.6 Å². The lowest BCUT2D eigenvalue weighted by atomic mass is 10.2. The first-order valence-electron chi connectivity index (χ1n) is 5.08. The number of nitrogens with one attached hydrogen (secondary N) is 1. The minimum Gasteiger partial charge on any atom is -0.329 e. The molecule has 7 heteroatoms. The predicted molar refractivity (Wildman–Crippen MR) is 59.8 cm³/mol. The molecule has 0 aromatic heterocycles. The maximum absolute atomic E-state index is 12.9. The van der Waals surface area contributed by atoms with Crippen LogP contribution < -0.4 is 10.5 Å². The summed E-state index contributed by atoms with van der Waals surface area (Å²) in [6.07, 6.45) is 0.513. The molecule has 0 saturated carbocycles. The number of benzene rings is 1. The summed E-state index contributed by atoms with van der Waals surface area (Å²) in [6.45, 7) is 1.91. The van der Waals surface area contributed by atoms with Crippen molar-refractivity contribution in [3.8, 4) is 0 Å². The molecule has 1 aromatic carbocycles. The van der Waals surface area contributed by atoms with E-state index in [0.29, 0.717) is 12.5 Å². The summed E-state index contributed by atoms with van der Waals surface area (Å²) in [6, 6.07) is 1.99. The minimum absolute atomic E-state index is 0.138. The van der Waals surface area contributed by atoms with E-state index in [1.165, 1.54) is 0 Å². The van der Waals surface area contributed by atoms with Crippen molar-refractivity contribution in [3.05, 3.63) is 29.8 Å². The number of rotatable bonds is 5. The molecule has 1 rings (SSSR count). The average Bonchev–Trinajstić information content (AvgIpc) is 2.29. The van der Waals surface area contributed by atoms with Gasteiger partial charge in [0.25, 0.3) is 0 Å². The third-order valence-electron chi connectivity index (χ3n) is 2.30. The van der Waals surface area contributed by atoms with Crippen molar-refractivity contribution in [3.63, 3.8) is 0 Å². The zero-order valence-corrected chi connectivity index (χ0v) is 10.1. The normalized spacial score (nSPS) is 13.6. The number of nitrogens with two attached hydrogens (primary N) is 1. The first-order valence-corrected chi connectivity index (χ1v) is 6.56. The fraction of sp³-hybridized carbons (Fsp3) is 0.400. The van der Waals surface area contributed by atoms with Crippen molar-refractivity contribution in [2.75, 3.05) is 6.54 Å². The Morgan fingerprint density at radius 1 is 1.35 bits per heavy atom. The van der Waals surface area contributed by atoms with Crippen molar-refractivity contribution in [1.29, 1.82) is 0 Å². The van der Waals surface area contributed by atoms with Gasteiger partial charge in [0.15, 0.2) is 11.6 Å². The molecule has 0 fully saturated rings. The van der Waals surface area contributed by atoms with Crippen molar-refractivity contribution in [2.45, 2.75) is 24.3 Å². The molecule has 0 bridgehead atoms. The first-order chi connectivity index (χ1) is 7.90. The highest BCUT2D eigenvalue weighted by Crippen LogP contribution is 2.14. The van der Waals surface area contributed by atoms with Crippen LogP contribution in [-0.4, -0.2) is 21.0 Å². The zero-order valence-electron chi connectivity index (χ0n) is 9.28. The van der Waals surface area contributed by atoms with Gasteiger partial charge < -0.3 is 5.73 Å². The summed E-state index contributed by atoms with van der Waals surface area (Å²) in [7, 11) is -3.86. The molecule has 0 spiro atoms. The summed E-state index contributed by atoms with van der Waals surface area (Å²) < 4.78 is 51.4. The van der Waals surface area contributed by atoms with Gasteiger partial charge in [-0.15, -0.1) is 0 Å². The Morgan fingerprint density at radius 3 is 2.47 bits per heavy atom. The van der Waals surface area contributed by atoms with Crippen molar-refractivity contribution < 1.29 is 17.2 Å². The average molecular weight is 264 g/mol. The number of halogens is 2. The molecule has 0 aliphatic heterocycles. The fourth-order valence-electron chi connectivity index (χ4n) is 1.23. The van der Waals surface area contributed by atoms with Gasteiger partial charge in [0.2, 0.25) is 10.0 Å². The maximum atomic E-state index is 12.9. The molecule has 4 nitrogen and oxygen atoms in total. The third kappa shape index (κ3) is 3.45. The first kappa shape index (κ1) is 14.0. The Hall–Kier alpha value is -1.05. The monoisotopic (exact) mass is 264 g/mol. The Kier molecular flexibility index (Phi) is 4.55. The van der Waals surface area contributed by atoms with Crippen LogP contribution in [0.1, 0.15) is 13.3 Å². The van der Waals surface area contributed by atoms with Gasteiger partial charge in [0.05, 0.1) is 4.90 Å². The second-order valence-corrected chi connectivity index (χ2v) is 5.25. The minimum atomic E-state index is -3.86. The number of sulfonamides is 1. The van der Waals surface area contributed by atoms with E-state index in [9.17, 15) is 17.2 Å². The van der Waals surface area contributed by atoms with Gasteiger partial charge in [-0.25, -0.2) is 21.9 Å². The predicted octanol–water partition coefficient (Wildman–Crippen LogP) is 0.980. The van der Waals surface area contributed by atoms with Crippen LogP contribution in [0.3, 0.4) is 0 Å². The Morgan fingerprint density at radius 2 is 2.00 bits per heavy atom. The standard InChI is InChI=1S/C10H14F2N2O2S/c1-2-7(6-13)14-17(15,16)8-3-4-9(11)10(12)5-8/h3-5,7,14H,2,6,13H2,1H3. The van der Waals surface area contributed by atoms with E-state index in [1.54, 1.807) is 6.92 Å². The summed E-state index contributed by atoms with van der Waals surface area (Å²) in [4.78, 5) is -0.316. The summed E-state index contributed by atoms with van der Waals surface area (Å²) in [5.41, 5.74) is 5.36. The van der Waals surface area contributed by atoms with Gasteiger partial charge in [-0.05, 0) is 24.6 Å². The quantitative estimate of drug-likeness (QED) is 0.832. The molecule has 0 aliphatic rings. The lowest BCUT2D eigenvalue weighted by Crippen LogP contribution is -2.39. The van der Waals surface area contributed by atoms with E-state index in [4.69, 9.17) is 5.73 Å². The number of hydrogen-bond donors (Lipinski definition) is 2. The van der Waals surface area contributed by atoms with Crippen LogP contribution in [0.4, 0.5) is 8.78 Å². The summed E-state index contributed by atoms with van der Waals surface area (Å²) in [5.74, 6) is -2.29. The Bertz CT molecular complexity index is 487. The highest BCUT2D eigenvalue weighted by molar-refractivity contribution is 7.89. The fourth-order valence-corrected chi connectivity index (χ4v) is 2.57. The summed E-state index contributed by atoms with van der Waals surface area (Å²) in [5, 5.41) is 0. The Labute approximate surface area is 98.9 Å². The van der Waals surface area contributed by atoms with E-state index < -0.39 is 27.7 Å². The van der Waals surface area contributed by atoms with Gasteiger partial charge in [0.1, 0.15) is 0 Å². The van der Waals surface area contributed by atoms with Crippen LogP contribution in [0.25, 0.3) is 0 Å². The molecule has 0 amide bonds. The molecule has 1 atom stereocenters. The third-order valence-corrected chi connectivity index (χ3v) is 3.82. The Balaban J connectivity index is 3.01. The topological polar surface area (TPSA) is 72.2 Å². The zero-order chi connectivity index (χ0) is 13.1. The lowest BCUT2D eigenvalue weighted by Gasteiger charge is -2.14. The summed E-state index contributed by atoms with van der Waals surface area (Å²) >= 11 is 0. The van der Waals surface area contributed by atoms with Crippen LogP contribution in [0.5, 0.6) is 0 Å². The van der Waals surface area contributed by atoms with E-state index in [-0.39, 0.29) is 11.4 Å². The molecular weight excluding hydrogens is 250 g/mol. The molecule has 0 radical (unpaired) electrons. The number of hydrogen-bond acceptors (Lipinski definition) is 3. The second-order valence-electron chi connectivity index (χ2n) is 3.54. The highest BCUT2D eigenvalue weighted by Gasteiger charge is 2.19. The molecule has 96 valence electrons.